The molecule has 1 aliphatic carbocycles. The lowest BCUT2D eigenvalue weighted by Gasteiger charge is -2.36. The molecule has 2 aliphatic rings. The van der Waals surface area contributed by atoms with Crippen LogP contribution in [0.2, 0.25) is 0 Å². The fourth-order valence-corrected chi connectivity index (χ4v) is 3.25. The fourth-order valence-electron chi connectivity index (χ4n) is 3.25. The van der Waals surface area contributed by atoms with Gasteiger partial charge in [0.05, 0.1) is 12.7 Å². The second-order valence-electron chi connectivity index (χ2n) is 6.40. The van der Waals surface area contributed by atoms with Crippen molar-refractivity contribution in [2.75, 3.05) is 20.2 Å². The van der Waals surface area contributed by atoms with E-state index >= 15 is 0 Å². The number of likely N-dealkylation sites (tertiary alicyclic amines) is 1. The molecule has 1 aromatic carbocycles. The maximum atomic E-state index is 12.4. The van der Waals surface area contributed by atoms with E-state index in [9.17, 15) is 9.59 Å². The van der Waals surface area contributed by atoms with Crippen LogP contribution in [-0.4, -0.2) is 43.0 Å². The first kappa shape index (κ1) is 15.8. The van der Waals surface area contributed by atoms with E-state index in [2.05, 4.69) is 5.32 Å². The second kappa shape index (κ2) is 7.02. The van der Waals surface area contributed by atoms with Crippen molar-refractivity contribution in [2.45, 2.75) is 38.1 Å². The maximum absolute atomic E-state index is 12.4. The van der Waals surface area contributed by atoms with Gasteiger partial charge in [-0.1, -0.05) is 18.6 Å². The normalized spacial score (nSPS) is 19.1. The minimum Gasteiger partial charge on any atom is -0.496 e. The van der Waals surface area contributed by atoms with E-state index in [1.807, 2.05) is 17.0 Å². The molecule has 1 aromatic rings. The molecule has 1 heterocycles. The number of nitrogens with one attached hydrogen (secondary N) is 1. The van der Waals surface area contributed by atoms with Crippen LogP contribution in [0.1, 0.15) is 42.5 Å². The lowest BCUT2D eigenvalue weighted by molar-refractivity contribution is -0.139. The SMILES string of the molecule is COc1ccccc1C(=O)NC1CCN(C(=O)C2CCC2)CC1. The number of carbonyl (C=O) groups excluding carboxylic acids is 2. The number of carbonyl (C=O) groups is 2. The Morgan fingerprint density at radius 3 is 2.43 bits per heavy atom. The molecular formula is C18H24N2O3. The number of para-hydroxylation sites is 1. The number of hydrogen-bond acceptors (Lipinski definition) is 3. The van der Waals surface area contributed by atoms with Gasteiger partial charge in [0, 0.05) is 25.0 Å². The van der Waals surface area contributed by atoms with Crippen molar-refractivity contribution in [3.63, 3.8) is 0 Å². The molecule has 1 saturated carbocycles. The summed E-state index contributed by atoms with van der Waals surface area (Å²) in [4.78, 5) is 26.6. The van der Waals surface area contributed by atoms with Crippen molar-refractivity contribution in [3.05, 3.63) is 29.8 Å². The summed E-state index contributed by atoms with van der Waals surface area (Å²) in [6.45, 7) is 1.48. The number of methoxy groups -OCH3 is 1. The zero-order chi connectivity index (χ0) is 16.2. The van der Waals surface area contributed by atoms with Crippen molar-refractivity contribution in [3.8, 4) is 5.75 Å². The quantitative estimate of drug-likeness (QED) is 0.926. The standard InChI is InChI=1S/C18H24N2O3/c1-23-16-8-3-2-7-15(16)17(21)19-14-9-11-20(12-10-14)18(22)13-5-4-6-13/h2-3,7-8,13-14H,4-6,9-12H2,1H3,(H,19,21). The van der Waals surface area contributed by atoms with E-state index in [-0.39, 0.29) is 17.9 Å². The van der Waals surface area contributed by atoms with Gasteiger partial charge in [-0.2, -0.15) is 0 Å². The molecule has 5 nitrogen and oxygen atoms in total. The van der Waals surface area contributed by atoms with Gasteiger partial charge in [0.2, 0.25) is 5.91 Å². The molecule has 0 unspecified atom stereocenters. The molecular weight excluding hydrogens is 292 g/mol. The zero-order valence-electron chi connectivity index (χ0n) is 13.6. The minimum absolute atomic E-state index is 0.105. The number of ether oxygens (including phenoxy) is 1. The third-order valence-corrected chi connectivity index (χ3v) is 4.95. The molecule has 1 N–H and O–H groups in total. The van der Waals surface area contributed by atoms with Crippen molar-refractivity contribution in [1.82, 2.24) is 10.2 Å². The molecule has 0 bridgehead atoms. The average Bonchev–Trinajstić information content (AvgIpc) is 2.53. The fraction of sp³-hybridized carbons (Fsp3) is 0.556. The van der Waals surface area contributed by atoms with Gasteiger partial charge < -0.3 is 15.0 Å². The summed E-state index contributed by atoms with van der Waals surface area (Å²) in [5.74, 6) is 1.05. The van der Waals surface area contributed by atoms with Gasteiger partial charge in [0.15, 0.2) is 0 Å². The molecule has 23 heavy (non-hydrogen) atoms. The van der Waals surface area contributed by atoms with Crippen LogP contribution in [0, 0.1) is 5.92 Å². The molecule has 0 spiro atoms. The van der Waals surface area contributed by atoms with E-state index in [4.69, 9.17) is 4.74 Å². The van der Waals surface area contributed by atoms with Crippen LogP contribution in [0.15, 0.2) is 24.3 Å². The number of piperidine rings is 1. The summed E-state index contributed by atoms with van der Waals surface area (Å²) in [7, 11) is 1.57. The molecule has 0 radical (unpaired) electrons. The molecule has 2 fully saturated rings. The lowest BCUT2D eigenvalue weighted by atomic mass is 9.84. The number of amides is 2. The number of nitrogens with zero attached hydrogens (tertiary/aromatic N) is 1. The lowest BCUT2D eigenvalue weighted by Crippen LogP contribution is -2.48. The molecule has 1 saturated heterocycles. The van der Waals surface area contributed by atoms with E-state index in [0.29, 0.717) is 17.2 Å². The van der Waals surface area contributed by atoms with Crippen molar-refractivity contribution in [2.24, 2.45) is 5.92 Å². The number of benzene rings is 1. The zero-order valence-corrected chi connectivity index (χ0v) is 13.6. The van der Waals surface area contributed by atoms with E-state index in [0.717, 1.165) is 38.8 Å². The summed E-state index contributed by atoms with van der Waals surface area (Å²) >= 11 is 0. The Hall–Kier alpha value is -2.04. The smallest absolute Gasteiger partial charge is 0.255 e. The van der Waals surface area contributed by atoms with Crippen LogP contribution in [0.5, 0.6) is 5.75 Å². The predicted octanol–water partition coefficient (Wildman–Crippen LogP) is 2.22. The van der Waals surface area contributed by atoms with Crippen LogP contribution >= 0.6 is 0 Å². The highest BCUT2D eigenvalue weighted by molar-refractivity contribution is 5.97. The third kappa shape index (κ3) is 3.49. The van der Waals surface area contributed by atoms with Crippen molar-refractivity contribution in [1.29, 1.82) is 0 Å². The van der Waals surface area contributed by atoms with Crippen LogP contribution in [0.25, 0.3) is 0 Å². The number of rotatable bonds is 4. The Balaban J connectivity index is 1.52. The van der Waals surface area contributed by atoms with Gasteiger partial charge >= 0.3 is 0 Å². The monoisotopic (exact) mass is 316 g/mol. The first-order valence-corrected chi connectivity index (χ1v) is 8.41. The van der Waals surface area contributed by atoms with Crippen LogP contribution < -0.4 is 10.1 Å². The van der Waals surface area contributed by atoms with Gasteiger partial charge in [0.25, 0.3) is 5.91 Å². The Kier molecular flexibility index (Phi) is 4.84. The van der Waals surface area contributed by atoms with Gasteiger partial charge in [0.1, 0.15) is 5.75 Å². The van der Waals surface area contributed by atoms with Crippen molar-refractivity contribution >= 4 is 11.8 Å². The first-order valence-electron chi connectivity index (χ1n) is 8.41. The molecule has 2 amide bonds. The summed E-state index contributed by atoms with van der Waals surface area (Å²) in [5, 5.41) is 3.07. The van der Waals surface area contributed by atoms with Crippen LogP contribution in [0.3, 0.4) is 0 Å². The first-order chi connectivity index (χ1) is 11.2. The van der Waals surface area contributed by atoms with Crippen LogP contribution in [0.4, 0.5) is 0 Å². The average molecular weight is 316 g/mol. The Morgan fingerprint density at radius 2 is 1.83 bits per heavy atom. The Bertz CT molecular complexity index is 575. The highest BCUT2D eigenvalue weighted by Crippen LogP contribution is 2.29. The molecule has 1 aliphatic heterocycles. The summed E-state index contributed by atoms with van der Waals surface area (Å²) in [6, 6.07) is 7.35. The Labute approximate surface area is 137 Å². The highest BCUT2D eigenvalue weighted by atomic mass is 16.5. The second-order valence-corrected chi connectivity index (χ2v) is 6.40. The molecule has 0 aromatic heterocycles. The van der Waals surface area contributed by atoms with Crippen molar-refractivity contribution < 1.29 is 14.3 Å². The largest absolute Gasteiger partial charge is 0.496 e. The number of hydrogen-bond donors (Lipinski definition) is 1. The summed E-state index contributed by atoms with van der Waals surface area (Å²) in [5.41, 5.74) is 0.558. The van der Waals surface area contributed by atoms with Gasteiger partial charge in [-0.3, -0.25) is 9.59 Å². The van der Waals surface area contributed by atoms with Crippen LogP contribution in [-0.2, 0) is 4.79 Å². The van der Waals surface area contributed by atoms with Gasteiger partial charge in [-0.15, -0.1) is 0 Å². The summed E-state index contributed by atoms with van der Waals surface area (Å²) in [6.07, 6.45) is 4.91. The molecule has 124 valence electrons. The predicted molar refractivity (Wildman–Crippen MR) is 87.4 cm³/mol. The van der Waals surface area contributed by atoms with E-state index < -0.39 is 0 Å². The molecule has 3 rings (SSSR count). The summed E-state index contributed by atoms with van der Waals surface area (Å²) < 4.78 is 5.24. The Morgan fingerprint density at radius 1 is 1.13 bits per heavy atom. The third-order valence-electron chi connectivity index (χ3n) is 4.95. The molecule has 5 heteroatoms. The van der Waals surface area contributed by atoms with Gasteiger partial charge in [-0.25, -0.2) is 0 Å². The minimum atomic E-state index is -0.105. The van der Waals surface area contributed by atoms with E-state index in [1.165, 1.54) is 6.42 Å². The highest BCUT2D eigenvalue weighted by Gasteiger charge is 2.32. The molecule has 0 atom stereocenters. The van der Waals surface area contributed by atoms with E-state index in [1.54, 1.807) is 19.2 Å². The topological polar surface area (TPSA) is 58.6 Å². The van der Waals surface area contributed by atoms with Gasteiger partial charge in [-0.05, 0) is 37.8 Å². The maximum Gasteiger partial charge on any atom is 0.255 e.